The van der Waals surface area contributed by atoms with Crippen LogP contribution in [0, 0.1) is 11.6 Å². The molecule has 0 aliphatic carbocycles. The van der Waals surface area contributed by atoms with Gasteiger partial charge in [0, 0.05) is 10.9 Å². The summed E-state index contributed by atoms with van der Waals surface area (Å²) in [5.74, 6) is -1.09. The van der Waals surface area contributed by atoms with Gasteiger partial charge in [0.05, 0.1) is 5.02 Å². The first-order chi connectivity index (χ1) is 5.15. The smallest absolute Gasteiger partial charge is 0.142 e. The molecular weight excluding hydrogens is 237 g/mol. The van der Waals surface area contributed by atoms with Crippen LogP contribution in [0.3, 0.4) is 0 Å². The minimum Gasteiger partial charge on any atom is -0.207 e. The van der Waals surface area contributed by atoms with Gasteiger partial charge in [0.2, 0.25) is 0 Å². The average molecular weight is 241 g/mol. The SMILES string of the molecule is Fc1cc(CBr)c(F)cc1Cl. The van der Waals surface area contributed by atoms with Gasteiger partial charge in [0.15, 0.2) is 0 Å². The Morgan fingerprint density at radius 1 is 1.27 bits per heavy atom. The van der Waals surface area contributed by atoms with E-state index in [1.54, 1.807) is 0 Å². The lowest BCUT2D eigenvalue weighted by molar-refractivity contribution is 0.592. The van der Waals surface area contributed by atoms with Gasteiger partial charge in [0.1, 0.15) is 11.6 Å². The van der Waals surface area contributed by atoms with Gasteiger partial charge in [-0.05, 0) is 12.1 Å². The van der Waals surface area contributed by atoms with Gasteiger partial charge in [-0.1, -0.05) is 27.5 Å². The van der Waals surface area contributed by atoms with E-state index >= 15 is 0 Å². The van der Waals surface area contributed by atoms with Crippen LogP contribution in [-0.2, 0) is 5.33 Å². The lowest BCUT2D eigenvalue weighted by Crippen LogP contribution is -1.88. The highest BCUT2D eigenvalue weighted by molar-refractivity contribution is 9.08. The number of rotatable bonds is 1. The number of hydrogen-bond donors (Lipinski definition) is 0. The molecule has 60 valence electrons. The minimum atomic E-state index is -0.595. The number of halogens is 4. The Bertz CT molecular complexity index is 275. The van der Waals surface area contributed by atoms with Gasteiger partial charge in [-0.2, -0.15) is 0 Å². The van der Waals surface area contributed by atoms with Crippen LogP contribution < -0.4 is 0 Å². The number of benzene rings is 1. The van der Waals surface area contributed by atoms with Crippen LogP contribution >= 0.6 is 27.5 Å². The first kappa shape index (κ1) is 8.94. The molecular formula is C7H4BrClF2. The van der Waals surface area contributed by atoms with Gasteiger partial charge in [-0.25, -0.2) is 8.78 Å². The molecule has 0 atom stereocenters. The zero-order valence-corrected chi connectivity index (χ0v) is 7.72. The molecule has 0 radical (unpaired) electrons. The van der Waals surface area contributed by atoms with Crippen molar-refractivity contribution < 1.29 is 8.78 Å². The third-order valence-electron chi connectivity index (χ3n) is 1.23. The maximum Gasteiger partial charge on any atom is 0.142 e. The Morgan fingerprint density at radius 2 is 1.91 bits per heavy atom. The van der Waals surface area contributed by atoms with Crippen LogP contribution in [0.4, 0.5) is 8.78 Å². The molecule has 0 aliphatic heterocycles. The summed E-state index contributed by atoms with van der Waals surface area (Å²) in [6.45, 7) is 0. The molecule has 0 nitrogen and oxygen atoms in total. The third kappa shape index (κ3) is 1.91. The van der Waals surface area contributed by atoms with Crippen LogP contribution in [0.5, 0.6) is 0 Å². The van der Waals surface area contributed by atoms with E-state index < -0.39 is 11.6 Å². The molecule has 4 heteroatoms. The van der Waals surface area contributed by atoms with E-state index in [1.165, 1.54) is 0 Å². The molecule has 0 bridgehead atoms. The zero-order chi connectivity index (χ0) is 8.43. The lowest BCUT2D eigenvalue weighted by Gasteiger charge is -1.99. The maximum atomic E-state index is 12.7. The maximum absolute atomic E-state index is 12.7. The van der Waals surface area contributed by atoms with Crippen molar-refractivity contribution in [2.24, 2.45) is 0 Å². The Hall–Kier alpha value is -0.150. The predicted octanol–water partition coefficient (Wildman–Crippen LogP) is 3.51. The molecule has 11 heavy (non-hydrogen) atoms. The molecule has 0 saturated heterocycles. The summed E-state index contributed by atoms with van der Waals surface area (Å²) < 4.78 is 25.4. The van der Waals surface area contributed by atoms with Gasteiger partial charge in [0.25, 0.3) is 0 Å². The van der Waals surface area contributed by atoms with E-state index in [0.717, 1.165) is 12.1 Å². The first-order valence-electron chi connectivity index (χ1n) is 2.84. The minimum absolute atomic E-state index is 0.188. The molecule has 0 amide bonds. The van der Waals surface area contributed by atoms with E-state index in [4.69, 9.17) is 11.6 Å². The van der Waals surface area contributed by atoms with E-state index in [2.05, 4.69) is 15.9 Å². The van der Waals surface area contributed by atoms with Crippen molar-refractivity contribution in [2.75, 3.05) is 0 Å². The largest absolute Gasteiger partial charge is 0.207 e. The molecule has 1 aromatic rings. The Labute approximate surface area is 76.3 Å². The van der Waals surface area contributed by atoms with Crippen molar-refractivity contribution in [3.05, 3.63) is 34.4 Å². The predicted molar refractivity (Wildman–Crippen MR) is 44.0 cm³/mol. The fourth-order valence-corrected chi connectivity index (χ4v) is 1.25. The monoisotopic (exact) mass is 240 g/mol. The van der Waals surface area contributed by atoms with Crippen molar-refractivity contribution >= 4 is 27.5 Å². The molecule has 0 aliphatic rings. The highest BCUT2D eigenvalue weighted by Gasteiger charge is 2.06. The second-order valence-electron chi connectivity index (χ2n) is 1.99. The number of alkyl halides is 1. The second kappa shape index (κ2) is 3.50. The molecule has 0 N–H and O–H groups in total. The summed E-state index contributed by atoms with van der Waals surface area (Å²) >= 11 is 8.33. The molecule has 0 aromatic heterocycles. The summed E-state index contributed by atoms with van der Waals surface area (Å²) in [6.07, 6.45) is 0. The van der Waals surface area contributed by atoms with E-state index in [0.29, 0.717) is 0 Å². The van der Waals surface area contributed by atoms with Crippen molar-refractivity contribution in [2.45, 2.75) is 5.33 Å². The Morgan fingerprint density at radius 3 is 2.45 bits per heavy atom. The highest BCUT2D eigenvalue weighted by Crippen LogP contribution is 2.20. The summed E-state index contributed by atoms with van der Waals surface area (Å²) in [6, 6.07) is 2.04. The normalized spacial score (nSPS) is 10.2. The van der Waals surface area contributed by atoms with Crippen molar-refractivity contribution in [3.63, 3.8) is 0 Å². The fraction of sp³-hybridized carbons (Fsp3) is 0.143. The van der Waals surface area contributed by atoms with Crippen molar-refractivity contribution in [3.8, 4) is 0 Å². The molecule has 0 saturated carbocycles. The van der Waals surface area contributed by atoms with Crippen LogP contribution in [0.25, 0.3) is 0 Å². The molecule has 0 spiro atoms. The van der Waals surface area contributed by atoms with Crippen LogP contribution in [0.15, 0.2) is 12.1 Å². The van der Waals surface area contributed by atoms with Gasteiger partial charge in [-0.3, -0.25) is 0 Å². The van der Waals surface area contributed by atoms with Crippen molar-refractivity contribution in [1.29, 1.82) is 0 Å². The summed E-state index contributed by atoms with van der Waals surface area (Å²) in [5.41, 5.74) is 0.270. The first-order valence-corrected chi connectivity index (χ1v) is 4.34. The van der Waals surface area contributed by atoms with E-state index in [9.17, 15) is 8.78 Å². The van der Waals surface area contributed by atoms with Crippen LogP contribution in [0.2, 0.25) is 5.02 Å². The average Bonchev–Trinajstić information content (AvgIpc) is 1.97. The van der Waals surface area contributed by atoms with Gasteiger partial charge < -0.3 is 0 Å². The molecule has 1 rings (SSSR count). The fourth-order valence-electron chi connectivity index (χ4n) is 0.666. The van der Waals surface area contributed by atoms with Crippen molar-refractivity contribution in [1.82, 2.24) is 0 Å². The molecule has 0 fully saturated rings. The van der Waals surface area contributed by atoms with E-state index in [-0.39, 0.29) is 15.9 Å². The topological polar surface area (TPSA) is 0 Å². The number of hydrogen-bond acceptors (Lipinski definition) is 0. The summed E-state index contributed by atoms with van der Waals surface area (Å²) in [7, 11) is 0. The second-order valence-corrected chi connectivity index (χ2v) is 2.96. The Kier molecular flexibility index (Phi) is 2.84. The molecule has 0 heterocycles. The standard InChI is InChI=1S/C7H4BrClF2/c8-3-4-1-7(11)5(9)2-6(4)10/h1-2H,3H2. The molecule has 1 aromatic carbocycles. The van der Waals surface area contributed by atoms with Gasteiger partial charge in [-0.15, -0.1) is 0 Å². The summed E-state index contributed by atoms with van der Waals surface area (Å²) in [4.78, 5) is 0. The highest BCUT2D eigenvalue weighted by atomic mass is 79.9. The lowest BCUT2D eigenvalue weighted by atomic mass is 10.2. The van der Waals surface area contributed by atoms with E-state index in [1.807, 2.05) is 0 Å². The van der Waals surface area contributed by atoms with Gasteiger partial charge >= 0.3 is 0 Å². The summed E-state index contributed by atoms with van der Waals surface area (Å²) in [5, 5.41) is 0.0969. The van der Waals surface area contributed by atoms with Crippen LogP contribution in [0.1, 0.15) is 5.56 Å². The quantitative estimate of drug-likeness (QED) is 0.521. The zero-order valence-electron chi connectivity index (χ0n) is 5.37. The third-order valence-corrected chi connectivity index (χ3v) is 2.13. The molecule has 0 unspecified atom stereocenters. The Balaban J connectivity index is 3.21. The van der Waals surface area contributed by atoms with Crippen LogP contribution in [-0.4, -0.2) is 0 Å².